The van der Waals surface area contributed by atoms with Crippen LogP contribution in [-0.2, 0) is 4.79 Å². The van der Waals surface area contributed by atoms with Crippen LogP contribution in [0.4, 0.5) is 0 Å². The molecule has 0 aliphatic heterocycles. The van der Waals surface area contributed by atoms with Crippen molar-refractivity contribution in [1.29, 1.82) is 0 Å². The predicted octanol–water partition coefficient (Wildman–Crippen LogP) is 2.56. The maximum Gasteiger partial charge on any atom is 0.223 e. The molecule has 1 amide bonds. The molecule has 2 heteroatoms. The Balaban J connectivity index is 1.85. The van der Waals surface area contributed by atoms with Crippen LogP contribution >= 0.6 is 0 Å². The van der Waals surface area contributed by atoms with E-state index in [9.17, 15) is 4.79 Å². The van der Waals surface area contributed by atoms with Crippen LogP contribution in [0.5, 0.6) is 0 Å². The number of nitrogens with one attached hydrogen (secondary N) is 1. The summed E-state index contributed by atoms with van der Waals surface area (Å²) in [5.41, 5.74) is 1.30. The van der Waals surface area contributed by atoms with Gasteiger partial charge in [-0.25, -0.2) is 0 Å². The molecule has 1 aliphatic rings. The van der Waals surface area contributed by atoms with Gasteiger partial charge in [0, 0.05) is 12.5 Å². The molecule has 0 saturated heterocycles. The number of benzene rings is 1. The van der Waals surface area contributed by atoms with Gasteiger partial charge < -0.3 is 5.32 Å². The second-order valence-corrected chi connectivity index (χ2v) is 5.00. The summed E-state index contributed by atoms with van der Waals surface area (Å²) in [5, 5.41) is 3.00. The first-order valence-electron chi connectivity index (χ1n) is 6.01. The first-order valence-corrected chi connectivity index (χ1v) is 6.01. The number of carbonyl (C=O) groups excluding carboxylic acids is 1. The minimum Gasteiger partial charge on any atom is -0.356 e. The van der Waals surface area contributed by atoms with E-state index in [-0.39, 0.29) is 11.8 Å². The zero-order chi connectivity index (χ0) is 11.5. The molecule has 1 aliphatic carbocycles. The van der Waals surface area contributed by atoms with Gasteiger partial charge in [0.25, 0.3) is 0 Å². The molecule has 1 N–H and O–H groups in total. The molecule has 0 aromatic heterocycles. The molecule has 0 heterocycles. The van der Waals surface area contributed by atoms with E-state index in [1.54, 1.807) is 0 Å². The molecule has 16 heavy (non-hydrogen) atoms. The van der Waals surface area contributed by atoms with Gasteiger partial charge in [-0.15, -0.1) is 0 Å². The summed E-state index contributed by atoms with van der Waals surface area (Å²) in [6.07, 6.45) is 1.01. The highest BCUT2D eigenvalue weighted by Gasteiger charge is 2.43. The molecule has 1 aromatic rings. The van der Waals surface area contributed by atoms with Crippen molar-refractivity contribution in [1.82, 2.24) is 5.32 Å². The number of amides is 1. The van der Waals surface area contributed by atoms with Crippen LogP contribution in [0, 0.1) is 11.8 Å². The van der Waals surface area contributed by atoms with E-state index in [1.165, 1.54) is 5.56 Å². The highest BCUT2D eigenvalue weighted by Crippen LogP contribution is 2.47. The minimum absolute atomic E-state index is 0.209. The van der Waals surface area contributed by atoms with Gasteiger partial charge in [-0.3, -0.25) is 4.79 Å². The lowest BCUT2D eigenvalue weighted by Crippen LogP contribution is -2.28. The normalized spacial score (nSPS) is 23.2. The third-order valence-electron chi connectivity index (χ3n) is 3.04. The Bertz CT molecular complexity index is 358. The quantitative estimate of drug-likeness (QED) is 0.825. The lowest BCUT2D eigenvalue weighted by Gasteiger charge is -2.07. The number of hydrogen-bond acceptors (Lipinski definition) is 1. The molecule has 86 valence electrons. The van der Waals surface area contributed by atoms with Gasteiger partial charge in [-0.1, -0.05) is 44.2 Å². The Kier molecular flexibility index (Phi) is 3.28. The summed E-state index contributed by atoms with van der Waals surface area (Å²) in [4.78, 5) is 11.8. The van der Waals surface area contributed by atoms with Crippen LogP contribution in [0.15, 0.2) is 30.3 Å². The van der Waals surface area contributed by atoms with E-state index >= 15 is 0 Å². The maximum absolute atomic E-state index is 11.8. The molecular weight excluding hydrogens is 198 g/mol. The molecule has 2 nitrogen and oxygen atoms in total. The average molecular weight is 217 g/mol. The van der Waals surface area contributed by atoms with Gasteiger partial charge in [0.05, 0.1) is 0 Å². The topological polar surface area (TPSA) is 29.1 Å². The fourth-order valence-corrected chi connectivity index (χ4v) is 1.99. The molecule has 2 rings (SSSR count). The van der Waals surface area contributed by atoms with Gasteiger partial charge in [-0.05, 0) is 23.8 Å². The molecule has 2 unspecified atom stereocenters. The zero-order valence-electron chi connectivity index (χ0n) is 9.94. The molecule has 1 aromatic carbocycles. The van der Waals surface area contributed by atoms with Crippen molar-refractivity contribution in [2.24, 2.45) is 11.8 Å². The van der Waals surface area contributed by atoms with Crippen molar-refractivity contribution in [3.63, 3.8) is 0 Å². The minimum atomic E-state index is 0.209. The standard InChI is InChI=1S/C14H19NO/c1-10(2)9-15-14(16)13-8-12(13)11-6-4-3-5-7-11/h3-7,10,12-13H,8-9H2,1-2H3,(H,15,16). The van der Waals surface area contributed by atoms with Crippen LogP contribution < -0.4 is 5.32 Å². The molecular formula is C14H19NO. The lowest BCUT2D eigenvalue weighted by molar-refractivity contribution is -0.122. The van der Waals surface area contributed by atoms with Crippen molar-refractivity contribution in [3.05, 3.63) is 35.9 Å². The average Bonchev–Trinajstić information content (AvgIpc) is 3.07. The Morgan fingerprint density at radius 2 is 2.06 bits per heavy atom. The van der Waals surface area contributed by atoms with E-state index in [4.69, 9.17) is 0 Å². The summed E-state index contributed by atoms with van der Waals surface area (Å²) >= 11 is 0. The molecule has 2 atom stereocenters. The van der Waals surface area contributed by atoms with Crippen molar-refractivity contribution in [2.75, 3.05) is 6.54 Å². The van der Waals surface area contributed by atoms with Crippen molar-refractivity contribution >= 4 is 5.91 Å². The summed E-state index contributed by atoms with van der Waals surface area (Å²) in [5.74, 6) is 1.41. The third kappa shape index (κ3) is 2.63. The largest absolute Gasteiger partial charge is 0.356 e. The van der Waals surface area contributed by atoms with Crippen LogP contribution in [0.2, 0.25) is 0 Å². The highest BCUT2D eigenvalue weighted by atomic mass is 16.2. The monoisotopic (exact) mass is 217 g/mol. The lowest BCUT2D eigenvalue weighted by atomic mass is 10.1. The predicted molar refractivity (Wildman–Crippen MR) is 65.1 cm³/mol. The summed E-state index contributed by atoms with van der Waals surface area (Å²) in [7, 11) is 0. The summed E-state index contributed by atoms with van der Waals surface area (Å²) < 4.78 is 0. The van der Waals surface area contributed by atoms with Crippen LogP contribution in [0.3, 0.4) is 0 Å². The Labute approximate surface area is 97.1 Å². The fraction of sp³-hybridized carbons (Fsp3) is 0.500. The van der Waals surface area contributed by atoms with Crippen molar-refractivity contribution in [2.45, 2.75) is 26.2 Å². The molecule has 0 spiro atoms. The number of hydrogen-bond donors (Lipinski definition) is 1. The maximum atomic E-state index is 11.8. The van der Waals surface area contributed by atoms with Gasteiger partial charge in [0.1, 0.15) is 0 Å². The smallest absolute Gasteiger partial charge is 0.223 e. The first-order chi connectivity index (χ1) is 7.68. The molecule has 1 fully saturated rings. The fourth-order valence-electron chi connectivity index (χ4n) is 1.99. The molecule has 0 bridgehead atoms. The number of carbonyl (C=O) groups is 1. The SMILES string of the molecule is CC(C)CNC(=O)C1CC1c1ccccc1. The first kappa shape index (κ1) is 11.2. The van der Waals surface area contributed by atoms with E-state index in [0.717, 1.165) is 13.0 Å². The third-order valence-corrected chi connectivity index (χ3v) is 3.04. The van der Waals surface area contributed by atoms with E-state index in [0.29, 0.717) is 11.8 Å². The second kappa shape index (κ2) is 4.69. The Hall–Kier alpha value is -1.31. The summed E-state index contributed by atoms with van der Waals surface area (Å²) in [6.45, 7) is 5.01. The van der Waals surface area contributed by atoms with Gasteiger partial charge in [0.2, 0.25) is 5.91 Å². The summed E-state index contributed by atoms with van der Waals surface area (Å²) in [6, 6.07) is 10.3. The van der Waals surface area contributed by atoms with Gasteiger partial charge in [0.15, 0.2) is 0 Å². The van der Waals surface area contributed by atoms with E-state index in [1.807, 2.05) is 18.2 Å². The molecule has 1 saturated carbocycles. The van der Waals surface area contributed by atoms with E-state index in [2.05, 4.69) is 31.3 Å². The van der Waals surface area contributed by atoms with Gasteiger partial charge >= 0.3 is 0 Å². The zero-order valence-corrected chi connectivity index (χ0v) is 9.94. The van der Waals surface area contributed by atoms with Crippen LogP contribution in [0.1, 0.15) is 31.7 Å². The number of rotatable bonds is 4. The Morgan fingerprint density at radius 1 is 1.38 bits per heavy atom. The van der Waals surface area contributed by atoms with Gasteiger partial charge in [-0.2, -0.15) is 0 Å². The molecule has 0 radical (unpaired) electrons. The second-order valence-electron chi connectivity index (χ2n) is 5.00. The Morgan fingerprint density at radius 3 is 2.69 bits per heavy atom. The van der Waals surface area contributed by atoms with Crippen LogP contribution in [-0.4, -0.2) is 12.5 Å². The van der Waals surface area contributed by atoms with E-state index < -0.39 is 0 Å². The van der Waals surface area contributed by atoms with Crippen LogP contribution in [0.25, 0.3) is 0 Å². The highest BCUT2D eigenvalue weighted by molar-refractivity contribution is 5.82. The van der Waals surface area contributed by atoms with Crippen molar-refractivity contribution in [3.8, 4) is 0 Å². The van der Waals surface area contributed by atoms with Crippen molar-refractivity contribution < 1.29 is 4.79 Å².